The van der Waals surface area contributed by atoms with Crippen LogP contribution in [0, 0.1) is 5.92 Å². The van der Waals surface area contributed by atoms with Crippen molar-refractivity contribution in [1.29, 1.82) is 0 Å². The van der Waals surface area contributed by atoms with Gasteiger partial charge in [0.1, 0.15) is 17.1 Å². The maximum Gasteiger partial charge on any atom is 0.427 e. The molecule has 3 amide bonds. The Morgan fingerprint density at radius 3 is 2.44 bits per heavy atom. The van der Waals surface area contributed by atoms with Crippen molar-refractivity contribution in [2.24, 2.45) is 5.92 Å². The van der Waals surface area contributed by atoms with E-state index in [4.69, 9.17) is 20.8 Å². The number of anilines is 2. The van der Waals surface area contributed by atoms with Gasteiger partial charge in [0.25, 0.3) is 5.91 Å². The minimum absolute atomic E-state index is 0.0654. The van der Waals surface area contributed by atoms with Gasteiger partial charge in [0.05, 0.1) is 10.6 Å². The first kappa shape index (κ1) is 27.9. The highest BCUT2D eigenvalue weighted by atomic mass is 35.5. The molecule has 12 heteroatoms. The lowest BCUT2D eigenvalue weighted by molar-refractivity contribution is -0.124. The molecule has 39 heavy (non-hydrogen) atoms. The molecule has 0 radical (unpaired) electrons. The summed E-state index contributed by atoms with van der Waals surface area (Å²) in [5.74, 6) is -2.89. The fourth-order valence-corrected chi connectivity index (χ4v) is 4.48. The third-order valence-corrected chi connectivity index (χ3v) is 6.31. The van der Waals surface area contributed by atoms with Gasteiger partial charge in [0.2, 0.25) is 5.91 Å². The van der Waals surface area contributed by atoms with Gasteiger partial charge >= 0.3 is 12.1 Å². The summed E-state index contributed by atoms with van der Waals surface area (Å²) in [6, 6.07) is 7.21. The molecule has 4 rings (SSSR count). The lowest BCUT2D eigenvalue weighted by atomic mass is 9.88. The number of nitrogens with one attached hydrogen (secondary N) is 2. The second-order valence-electron chi connectivity index (χ2n) is 10.2. The molecule has 3 aromatic rings. The van der Waals surface area contributed by atoms with E-state index in [1.54, 1.807) is 26.8 Å². The Bertz CT molecular complexity index is 1410. The molecule has 0 spiro atoms. The number of carboxylic acid groups (broad SMARTS) is 1. The van der Waals surface area contributed by atoms with E-state index in [0.717, 1.165) is 24.3 Å². The summed E-state index contributed by atoms with van der Waals surface area (Å²) in [4.78, 5) is 55.8. The van der Waals surface area contributed by atoms with Crippen LogP contribution in [0.2, 0.25) is 5.02 Å². The van der Waals surface area contributed by atoms with E-state index in [9.17, 15) is 24.3 Å². The van der Waals surface area contributed by atoms with Gasteiger partial charge in [-0.2, -0.15) is 0 Å². The number of hydrazine groups is 1. The van der Waals surface area contributed by atoms with Gasteiger partial charge in [-0.1, -0.05) is 36.9 Å². The number of aromatic nitrogens is 1. The average Bonchev–Trinajstić information content (AvgIpc) is 3.32. The number of benzene rings is 1. The van der Waals surface area contributed by atoms with Crippen molar-refractivity contribution in [1.82, 2.24) is 10.4 Å². The van der Waals surface area contributed by atoms with E-state index < -0.39 is 35.4 Å². The van der Waals surface area contributed by atoms with E-state index >= 15 is 0 Å². The number of fused-ring (bicyclic) bond motifs is 1. The van der Waals surface area contributed by atoms with Crippen molar-refractivity contribution in [3.8, 4) is 0 Å². The average molecular weight is 557 g/mol. The Labute approximate surface area is 229 Å². The smallest absolute Gasteiger partial charge is 0.427 e. The molecule has 0 unspecified atom stereocenters. The van der Waals surface area contributed by atoms with Crippen molar-refractivity contribution in [3.05, 3.63) is 52.9 Å². The zero-order valence-corrected chi connectivity index (χ0v) is 22.5. The minimum atomic E-state index is -1.35. The highest BCUT2D eigenvalue weighted by molar-refractivity contribution is 6.30. The maximum absolute atomic E-state index is 13.8. The quantitative estimate of drug-likeness (QED) is 0.334. The van der Waals surface area contributed by atoms with Crippen LogP contribution in [0.25, 0.3) is 11.0 Å². The van der Waals surface area contributed by atoms with Crippen molar-refractivity contribution < 1.29 is 33.4 Å². The van der Waals surface area contributed by atoms with E-state index in [1.165, 1.54) is 30.5 Å². The molecule has 3 N–H and O–H groups in total. The van der Waals surface area contributed by atoms with Crippen LogP contribution in [0.4, 0.5) is 16.3 Å². The fraction of sp³-hybridized carbons (Fsp3) is 0.370. The lowest BCUT2D eigenvalue weighted by Gasteiger charge is -2.31. The zero-order valence-electron chi connectivity index (χ0n) is 21.7. The highest BCUT2D eigenvalue weighted by Crippen LogP contribution is 2.36. The van der Waals surface area contributed by atoms with Crippen LogP contribution >= 0.6 is 11.6 Å². The molecule has 2 aromatic heterocycles. The SMILES string of the molecule is CC(C)(C)OC(=O)NN(C(=O)C1CCCCC1)c1c(C(=O)O)ccc2cc(C(=O)Nc3ccc(Cl)cn3)oc12. The number of hydrogen-bond donors (Lipinski definition) is 3. The number of ether oxygens (including phenoxy) is 1. The number of rotatable bonds is 5. The molecule has 206 valence electrons. The number of carbonyl (C=O) groups is 4. The van der Waals surface area contributed by atoms with Gasteiger partial charge in [0, 0.05) is 17.5 Å². The highest BCUT2D eigenvalue weighted by Gasteiger charge is 2.34. The van der Waals surface area contributed by atoms with E-state index in [1.807, 2.05) is 0 Å². The molecular formula is C27H29ClN4O7. The Balaban J connectivity index is 1.79. The van der Waals surface area contributed by atoms with Gasteiger partial charge in [-0.15, -0.1) is 0 Å². The van der Waals surface area contributed by atoms with Crippen molar-refractivity contribution >= 4 is 58.0 Å². The molecule has 0 atom stereocenters. The fourth-order valence-electron chi connectivity index (χ4n) is 4.37. The van der Waals surface area contributed by atoms with Gasteiger partial charge < -0.3 is 19.6 Å². The molecule has 0 saturated heterocycles. The Morgan fingerprint density at radius 2 is 1.82 bits per heavy atom. The Hall–Kier alpha value is -4.12. The number of carbonyl (C=O) groups excluding carboxylic acids is 3. The van der Waals surface area contributed by atoms with Crippen LogP contribution in [0.15, 0.2) is 40.9 Å². The molecule has 1 saturated carbocycles. The second kappa shape index (κ2) is 11.3. The summed E-state index contributed by atoms with van der Waals surface area (Å²) >= 11 is 5.85. The van der Waals surface area contributed by atoms with Crippen LogP contribution < -0.4 is 15.8 Å². The molecule has 11 nitrogen and oxygen atoms in total. The minimum Gasteiger partial charge on any atom is -0.478 e. The van der Waals surface area contributed by atoms with Crippen molar-refractivity contribution in [3.63, 3.8) is 0 Å². The first-order chi connectivity index (χ1) is 18.4. The van der Waals surface area contributed by atoms with Crippen molar-refractivity contribution in [2.75, 3.05) is 10.3 Å². The van der Waals surface area contributed by atoms with Gasteiger partial charge in [-0.3, -0.25) is 9.59 Å². The van der Waals surface area contributed by atoms with Crippen LogP contribution in [0.5, 0.6) is 0 Å². The number of amides is 3. The molecule has 0 bridgehead atoms. The van der Waals surface area contributed by atoms with E-state index in [0.29, 0.717) is 23.3 Å². The van der Waals surface area contributed by atoms with Crippen LogP contribution in [0.1, 0.15) is 73.8 Å². The van der Waals surface area contributed by atoms with E-state index in [-0.39, 0.29) is 28.4 Å². The largest absolute Gasteiger partial charge is 0.478 e. The van der Waals surface area contributed by atoms with Gasteiger partial charge in [-0.05, 0) is 57.9 Å². The molecule has 0 aliphatic heterocycles. The second-order valence-corrected chi connectivity index (χ2v) is 10.7. The lowest BCUT2D eigenvalue weighted by Crippen LogP contribution is -2.51. The molecule has 1 aromatic carbocycles. The third-order valence-electron chi connectivity index (χ3n) is 6.08. The van der Waals surface area contributed by atoms with Crippen LogP contribution in [-0.4, -0.2) is 39.6 Å². The van der Waals surface area contributed by atoms with E-state index in [2.05, 4.69) is 15.7 Å². The summed E-state index contributed by atoms with van der Waals surface area (Å²) in [6.45, 7) is 4.99. The molecule has 2 heterocycles. The summed E-state index contributed by atoms with van der Waals surface area (Å²) < 4.78 is 11.2. The summed E-state index contributed by atoms with van der Waals surface area (Å²) in [5, 5.41) is 14.2. The van der Waals surface area contributed by atoms with Gasteiger partial charge in [-0.25, -0.2) is 25.0 Å². The first-order valence-electron chi connectivity index (χ1n) is 12.5. The third kappa shape index (κ3) is 6.66. The number of aromatic carboxylic acids is 1. The number of hydrogen-bond acceptors (Lipinski definition) is 7. The number of halogens is 1. The number of furan rings is 1. The summed E-state index contributed by atoms with van der Waals surface area (Å²) in [7, 11) is 0. The predicted molar refractivity (Wildman–Crippen MR) is 144 cm³/mol. The molecular weight excluding hydrogens is 528 g/mol. The predicted octanol–water partition coefficient (Wildman–Crippen LogP) is 5.78. The normalized spacial score (nSPS) is 14.1. The summed E-state index contributed by atoms with van der Waals surface area (Å²) in [6.07, 6.45) is 4.24. The molecule has 1 fully saturated rings. The topological polar surface area (TPSA) is 151 Å². The molecule has 1 aliphatic rings. The molecule has 1 aliphatic carbocycles. The first-order valence-corrected chi connectivity index (χ1v) is 12.9. The Morgan fingerprint density at radius 1 is 1.10 bits per heavy atom. The van der Waals surface area contributed by atoms with Crippen LogP contribution in [0.3, 0.4) is 0 Å². The Kier molecular flexibility index (Phi) is 8.10. The number of nitrogens with zero attached hydrogens (tertiary/aromatic N) is 2. The van der Waals surface area contributed by atoms with Crippen molar-refractivity contribution in [2.45, 2.75) is 58.5 Å². The van der Waals surface area contributed by atoms with Crippen LogP contribution in [-0.2, 0) is 9.53 Å². The number of carboxylic acids is 1. The monoisotopic (exact) mass is 556 g/mol. The number of pyridine rings is 1. The summed E-state index contributed by atoms with van der Waals surface area (Å²) in [5.41, 5.74) is 0.985. The van der Waals surface area contributed by atoms with Gasteiger partial charge in [0.15, 0.2) is 11.3 Å². The standard InChI is InChI=1S/C27H29ClN4O7/c1-27(2,3)39-26(37)31-32(24(34)15-7-5-4-6-8-15)21-18(25(35)36)11-9-16-13-19(38-22(16)21)23(33)30-20-12-10-17(28)14-29-20/h9-15H,4-8H2,1-3H3,(H,31,37)(H,35,36)(H,29,30,33). The zero-order chi connectivity index (χ0) is 28.3. The maximum atomic E-state index is 13.8.